The van der Waals surface area contributed by atoms with Gasteiger partial charge in [-0.05, 0) is 104 Å². The van der Waals surface area contributed by atoms with Crippen molar-refractivity contribution >= 4 is 54.5 Å². The van der Waals surface area contributed by atoms with Crippen LogP contribution in [0.3, 0.4) is 0 Å². The lowest BCUT2D eigenvalue weighted by Gasteiger charge is -2.19. The summed E-state index contributed by atoms with van der Waals surface area (Å²) in [7, 11) is 0. The van der Waals surface area contributed by atoms with Crippen molar-refractivity contribution in [1.82, 2.24) is 9.55 Å². The number of furan rings is 1. The quantitative estimate of drug-likeness (QED) is 0.181. The molecule has 0 bridgehead atoms. The van der Waals surface area contributed by atoms with Crippen molar-refractivity contribution in [2.75, 3.05) is 0 Å². The number of hydrogen-bond donors (Lipinski definition) is 0. The fourth-order valence-electron chi connectivity index (χ4n) is 7.56. The van der Waals surface area contributed by atoms with Gasteiger partial charge in [-0.2, -0.15) is 0 Å². The van der Waals surface area contributed by atoms with Gasteiger partial charge in [0.2, 0.25) is 0 Å². The van der Waals surface area contributed by atoms with Gasteiger partial charge in [-0.25, -0.2) is 4.98 Å². The third-order valence-corrected chi connectivity index (χ3v) is 9.63. The second-order valence-corrected chi connectivity index (χ2v) is 12.4. The largest absolute Gasteiger partial charge is 0.456 e. The molecule has 0 fully saturated rings. The van der Waals surface area contributed by atoms with E-state index >= 15 is 0 Å². The molecule has 49 heavy (non-hydrogen) atoms. The number of aryl methyl sites for hydroxylation is 1. The molecule has 10 aromatic rings. The number of nitrogens with zero attached hydrogens (tertiary/aromatic N) is 2. The molecular formula is C46H30N2O. The Labute approximate surface area is 290 Å². The van der Waals surface area contributed by atoms with E-state index in [-0.39, 0.29) is 29.7 Å². The normalized spacial score (nSPS) is 13.2. The summed E-state index contributed by atoms with van der Waals surface area (Å²) in [6, 6.07) is 43.6. The van der Waals surface area contributed by atoms with Crippen molar-refractivity contribution in [1.29, 1.82) is 0 Å². The predicted octanol–water partition coefficient (Wildman–Crippen LogP) is 12.5. The summed E-state index contributed by atoms with van der Waals surface area (Å²) in [4.78, 5) is 4.78. The number of para-hydroxylation sites is 3. The molecule has 0 amide bonds. The fraction of sp³-hybridized carbons (Fsp3) is 0.0217. The Kier molecular flexibility index (Phi) is 5.06. The number of hydrogen-bond acceptors (Lipinski definition) is 2. The molecule has 3 nitrogen and oxygen atoms in total. The van der Waals surface area contributed by atoms with Crippen molar-refractivity contribution in [3.8, 4) is 39.1 Å². The summed E-state index contributed by atoms with van der Waals surface area (Å²) in [6.07, 6.45) is 0. The van der Waals surface area contributed by atoms with E-state index in [0.717, 1.165) is 88.3 Å². The van der Waals surface area contributed by atoms with E-state index in [4.69, 9.17) is 16.3 Å². The average Bonchev–Trinajstić information content (AvgIpc) is 3.75. The summed E-state index contributed by atoms with van der Waals surface area (Å²) in [5, 5.41) is 5.96. The van der Waals surface area contributed by atoms with Crippen LogP contribution in [0.5, 0.6) is 0 Å². The summed E-state index contributed by atoms with van der Waals surface area (Å²) >= 11 is 0. The Morgan fingerprint density at radius 2 is 1.22 bits per heavy atom. The van der Waals surface area contributed by atoms with Crippen molar-refractivity contribution in [3.63, 3.8) is 0 Å². The second-order valence-electron chi connectivity index (χ2n) is 12.4. The third-order valence-electron chi connectivity index (χ3n) is 9.63. The first-order chi connectivity index (χ1) is 26.3. The van der Waals surface area contributed by atoms with Crippen molar-refractivity contribution in [3.05, 3.63) is 169 Å². The van der Waals surface area contributed by atoms with Crippen LogP contribution in [0.15, 0.2) is 168 Å². The van der Waals surface area contributed by atoms with Gasteiger partial charge in [0.1, 0.15) is 17.0 Å². The molecule has 0 saturated carbocycles. The molecule has 2 aromatic heterocycles. The molecule has 0 aliphatic heterocycles. The Balaban J connectivity index is 1.30. The van der Waals surface area contributed by atoms with Crippen LogP contribution in [0.2, 0.25) is 0 Å². The molecule has 0 unspecified atom stereocenters. The summed E-state index contributed by atoms with van der Waals surface area (Å²) in [6.45, 7) is 2.02. The molecule has 0 atom stereocenters. The first kappa shape index (κ1) is 23.0. The molecule has 3 heteroatoms. The third kappa shape index (κ3) is 4.26. The lowest BCUT2D eigenvalue weighted by Crippen LogP contribution is -1.97. The van der Waals surface area contributed by atoms with E-state index in [2.05, 4.69) is 65.2 Å². The van der Waals surface area contributed by atoms with Gasteiger partial charge in [-0.15, -0.1) is 0 Å². The van der Waals surface area contributed by atoms with E-state index in [9.17, 15) is 0 Å². The molecule has 0 saturated heterocycles. The summed E-state index contributed by atoms with van der Waals surface area (Å²) in [5.41, 5.74) is 9.32. The summed E-state index contributed by atoms with van der Waals surface area (Å²) < 4.78 is 51.3. The molecule has 0 spiro atoms. The maximum absolute atomic E-state index is 8.84. The highest BCUT2D eigenvalue weighted by molar-refractivity contribution is 6.26. The highest BCUT2D eigenvalue weighted by atomic mass is 16.3. The zero-order valence-electron chi connectivity index (χ0n) is 31.5. The van der Waals surface area contributed by atoms with E-state index in [1.807, 2.05) is 79.7 Å². The minimum absolute atomic E-state index is 0.169. The number of rotatable bonds is 4. The van der Waals surface area contributed by atoms with Gasteiger partial charge in [0.25, 0.3) is 0 Å². The Bertz CT molecular complexity index is 3150. The molecule has 0 radical (unpaired) electrons. The van der Waals surface area contributed by atoms with E-state index < -0.39 is 6.04 Å². The SMILES string of the molecule is [2H]c1c([2H])c([2H])c(-c2ccc3c(-c4ccc(-n5c(C)nc6ccccc65)cc4)c4ccccc4c(-c4cccc5oc6ccccc6c45)c3c2)c([2H])c1[2H]. The topological polar surface area (TPSA) is 31.0 Å². The van der Waals surface area contributed by atoms with Crippen LogP contribution in [0.25, 0.3) is 93.6 Å². The van der Waals surface area contributed by atoms with Gasteiger partial charge in [-0.1, -0.05) is 121 Å². The minimum atomic E-state index is -0.413. The monoisotopic (exact) mass is 631 g/mol. The van der Waals surface area contributed by atoms with Gasteiger partial charge in [-0.3, -0.25) is 4.57 Å². The number of aromatic nitrogens is 2. The van der Waals surface area contributed by atoms with Crippen LogP contribution in [0, 0.1) is 6.92 Å². The zero-order chi connectivity index (χ0) is 36.8. The maximum atomic E-state index is 8.84. The Morgan fingerprint density at radius 3 is 2.06 bits per heavy atom. The van der Waals surface area contributed by atoms with Gasteiger partial charge in [0, 0.05) is 16.5 Å². The lowest BCUT2D eigenvalue weighted by atomic mass is 9.84. The van der Waals surface area contributed by atoms with Crippen LogP contribution >= 0.6 is 0 Å². The van der Waals surface area contributed by atoms with Gasteiger partial charge in [0.05, 0.1) is 17.9 Å². The Hall–Kier alpha value is -6.45. The van der Waals surface area contributed by atoms with Crippen LogP contribution in [-0.2, 0) is 0 Å². The maximum Gasteiger partial charge on any atom is 0.136 e. The van der Waals surface area contributed by atoms with Gasteiger partial charge < -0.3 is 4.42 Å². The highest BCUT2D eigenvalue weighted by Gasteiger charge is 2.21. The molecule has 230 valence electrons. The van der Waals surface area contributed by atoms with Gasteiger partial charge in [0.15, 0.2) is 0 Å². The van der Waals surface area contributed by atoms with Crippen LogP contribution in [0.4, 0.5) is 0 Å². The van der Waals surface area contributed by atoms with Crippen molar-refractivity contribution in [2.24, 2.45) is 0 Å². The number of imidazole rings is 1. The second kappa shape index (κ2) is 10.8. The number of benzene rings is 8. The minimum Gasteiger partial charge on any atom is -0.456 e. The standard InChI is InChI=1S/C46H30N2O/c1-29-47-40-18-8-9-19-41(40)48(29)33-25-22-31(23-26-33)44-34-14-5-6-15-35(34)45(39-28-32(24-27-36(39)44)30-12-3-2-4-13-30)38-17-11-21-43-46(38)37-16-7-10-20-42(37)49-43/h2-28H,1H3/i2D,3D,4D,12D,13D. The first-order valence-electron chi connectivity index (χ1n) is 18.8. The molecule has 10 rings (SSSR count). The van der Waals surface area contributed by atoms with Crippen LogP contribution in [0.1, 0.15) is 12.7 Å². The number of fused-ring (bicyclic) bond motifs is 6. The average molecular weight is 632 g/mol. The van der Waals surface area contributed by atoms with E-state index in [1.54, 1.807) is 0 Å². The predicted molar refractivity (Wildman–Crippen MR) is 204 cm³/mol. The van der Waals surface area contributed by atoms with E-state index in [1.165, 1.54) is 0 Å². The molecule has 0 aliphatic carbocycles. The molecule has 8 aromatic carbocycles. The molecule has 2 heterocycles. The molecular weight excluding hydrogens is 597 g/mol. The van der Waals surface area contributed by atoms with E-state index in [0.29, 0.717) is 5.56 Å². The Morgan fingerprint density at radius 1 is 0.551 bits per heavy atom. The van der Waals surface area contributed by atoms with Crippen molar-refractivity contribution in [2.45, 2.75) is 6.92 Å². The van der Waals surface area contributed by atoms with Crippen LogP contribution in [-0.4, -0.2) is 9.55 Å². The highest BCUT2D eigenvalue weighted by Crippen LogP contribution is 2.47. The zero-order valence-corrected chi connectivity index (χ0v) is 26.5. The molecule has 0 aliphatic rings. The lowest BCUT2D eigenvalue weighted by molar-refractivity contribution is 0.669. The van der Waals surface area contributed by atoms with Crippen LogP contribution < -0.4 is 0 Å². The summed E-state index contributed by atoms with van der Waals surface area (Å²) in [5.74, 6) is 0.908. The smallest absolute Gasteiger partial charge is 0.136 e. The van der Waals surface area contributed by atoms with Crippen molar-refractivity contribution < 1.29 is 11.3 Å². The van der Waals surface area contributed by atoms with Gasteiger partial charge >= 0.3 is 0 Å². The first-order valence-corrected chi connectivity index (χ1v) is 16.3. The fourth-order valence-corrected chi connectivity index (χ4v) is 7.56. The molecule has 0 N–H and O–H groups in total.